The molecule has 1 heterocycles. The van der Waals surface area contributed by atoms with Crippen LogP contribution in [0.15, 0.2) is 18.2 Å². The fraction of sp³-hybridized carbons (Fsp3) is 0.500. The molecule has 1 aromatic carbocycles. The van der Waals surface area contributed by atoms with Crippen LogP contribution in [0.2, 0.25) is 0 Å². The first-order valence-corrected chi connectivity index (χ1v) is 7.81. The minimum atomic E-state index is 0.693. The van der Waals surface area contributed by atoms with Crippen molar-refractivity contribution in [3.8, 4) is 6.07 Å². The monoisotopic (exact) mass is 285 g/mol. The summed E-state index contributed by atoms with van der Waals surface area (Å²) >= 11 is 5.42. The number of nitrogens with zero attached hydrogens (tertiary/aromatic N) is 2. The molecule has 2 aromatic rings. The third kappa shape index (κ3) is 2.64. The first-order valence-electron chi connectivity index (χ1n) is 7.40. The van der Waals surface area contributed by atoms with Crippen LogP contribution < -0.4 is 0 Å². The van der Waals surface area contributed by atoms with Gasteiger partial charge in [-0.2, -0.15) is 5.26 Å². The van der Waals surface area contributed by atoms with E-state index < -0.39 is 0 Å². The quantitative estimate of drug-likeness (QED) is 0.841. The summed E-state index contributed by atoms with van der Waals surface area (Å²) in [6, 6.07) is 7.91. The predicted octanol–water partition coefficient (Wildman–Crippen LogP) is 4.54. The number of aryl methyl sites for hydroxylation is 1. The fourth-order valence-corrected chi connectivity index (χ4v) is 3.53. The van der Waals surface area contributed by atoms with Crippen molar-refractivity contribution < 1.29 is 0 Å². The van der Waals surface area contributed by atoms with Gasteiger partial charge in [0, 0.05) is 6.54 Å². The molecule has 0 amide bonds. The van der Waals surface area contributed by atoms with Gasteiger partial charge in [-0.25, -0.2) is 0 Å². The van der Waals surface area contributed by atoms with Gasteiger partial charge >= 0.3 is 0 Å². The molecule has 1 N–H and O–H groups in total. The van der Waals surface area contributed by atoms with E-state index in [1.165, 1.54) is 38.5 Å². The lowest BCUT2D eigenvalue weighted by molar-refractivity contribution is 0.325. The normalized spacial score (nSPS) is 16.4. The van der Waals surface area contributed by atoms with E-state index in [1.54, 1.807) is 0 Å². The summed E-state index contributed by atoms with van der Waals surface area (Å²) in [5, 5.41) is 9.03. The number of aromatic nitrogens is 2. The Morgan fingerprint density at radius 2 is 2.10 bits per heavy atom. The highest BCUT2D eigenvalue weighted by Crippen LogP contribution is 2.27. The zero-order valence-electron chi connectivity index (χ0n) is 11.6. The Labute approximate surface area is 124 Å². The zero-order chi connectivity index (χ0) is 13.9. The Balaban J connectivity index is 1.84. The summed E-state index contributed by atoms with van der Waals surface area (Å²) in [6.45, 7) is 0.957. The molecule has 0 spiro atoms. The second-order valence-electron chi connectivity index (χ2n) is 5.72. The van der Waals surface area contributed by atoms with Gasteiger partial charge in [-0.3, -0.25) is 0 Å². The summed E-state index contributed by atoms with van der Waals surface area (Å²) in [7, 11) is 0. The van der Waals surface area contributed by atoms with Crippen LogP contribution in [0.4, 0.5) is 0 Å². The topological polar surface area (TPSA) is 44.5 Å². The average molecular weight is 285 g/mol. The van der Waals surface area contributed by atoms with Crippen molar-refractivity contribution in [2.45, 2.75) is 45.1 Å². The van der Waals surface area contributed by atoms with Gasteiger partial charge in [0.15, 0.2) is 4.77 Å². The molecular formula is C16H19N3S. The second-order valence-corrected chi connectivity index (χ2v) is 6.10. The number of aromatic amines is 1. The lowest BCUT2D eigenvalue weighted by atomic mass is 9.87. The minimum Gasteiger partial charge on any atom is -0.331 e. The summed E-state index contributed by atoms with van der Waals surface area (Å²) in [5.41, 5.74) is 2.78. The van der Waals surface area contributed by atoms with Crippen LogP contribution in [0.1, 0.15) is 44.1 Å². The number of nitriles is 1. The summed E-state index contributed by atoms with van der Waals surface area (Å²) in [6.07, 6.45) is 8.07. The molecule has 20 heavy (non-hydrogen) atoms. The summed E-state index contributed by atoms with van der Waals surface area (Å²) in [5.74, 6) is 0.842. The first-order chi connectivity index (χ1) is 9.78. The molecular weight excluding hydrogens is 266 g/mol. The fourth-order valence-electron chi connectivity index (χ4n) is 3.23. The van der Waals surface area contributed by atoms with Gasteiger partial charge < -0.3 is 9.55 Å². The zero-order valence-corrected chi connectivity index (χ0v) is 12.4. The van der Waals surface area contributed by atoms with Gasteiger partial charge in [0.25, 0.3) is 0 Å². The van der Waals surface area contributed by atoms with Crippen LogP contribution in [-0.2, 0) is 6.54 Å². The summed E-state index contributed by atoms with van der Waals surface area (Å²) < 4.78 is 2.92. The molecule has 0 aliphatic heterocycles. The van der Waals surface area contributed by atoms with E-state index >= 15 is 0 Å². The van der Waals surface area contributed by atoms with Crippen molar-refractivity contribution in [1.29, 1.82) is 5.26 Å². The predicted molar refractivity (Wildman–Crippen MR) is 83.0 cm³/mol. The van der Waals surface area contributed by atoms with E-state index in [2.05, 4.69) is 15.6 Å². The maximum absolute atomic E-state index is 9.03. The Hall–Kier alpha value is -1.60. The summed E-state index contributed by atoms with van der Waals surface area (Å²) in [4.78, 5) is 3.23. The van der Waals surface area contributed by atoms with E-state index in [0.29, 0.717) is 5.56 Å². The first kappa shape index (κ1) is 13.4. The molecule has 1 aromatic heterocycles. The van der Waals surface area contributed by atoms with Crippen LogP contribution in [0.25, 0.3) is 11.0 Å². The molecule has 1 fully saturated rings. The van der Waals surface area contributed by atoms with E-state index in [4.69, 9.17) is 17.5 Å². The van der Waals surface area contributed by atoms with E-state index in [-0.39, 0.29) is 0 Å². The number of hydrogen-bond acceptors (Lipinski definition) is 2. The van der Waals surface area contributed by atoms with Crippen molar-refractivity contribution in [2.24, 2.45) is 5.92 Å². The largest absolute Gasteiger partial charge is 0.331 e. The van der Waals surface area contributed by atoms with Gasteiger partial charge in [0.05, 0.1) is 22.7 Å². The van der Waals surface area contributed by atoms with Crippen LogP contribution in [0.5, 0.6) is 0 Å². The highest BCUT2D eigenvalue weighted by atomic mass is 32.1. The Morgan fingerprint density at radius 3 is 2.85 bits per heavy atom. The van der Waals surface area contributed by atoms with Crippen molar-refractivity contribution in [2.75, 3.05) is 0 Å². The molecule has 0 saturated heterocycles. The van der Waals surface area contributed by atoms with Crippen LogP contribution in [0.3, 0.4) is 0 Å². The maximum atomic E-state index is 9.03. The number of rotatable bonds is 3. The maximum Gasteiger partial charge on any atom is 0.178 e. The lowest BCUT2D eigenvalue weighted by Crippen LogP contribution is -2.10. The Morgan fingerprint density at radius 1 is 1.30 bits per heavy atom. The standard InChI is InChI=1S/C16H19N3S/c17-11-13-6-7-14-15(10-13)19(16(20)18-14)9-8-12-4-2-1-3-5-12/h6-7,10,12H,1-5,8-9H2,(H,18,20). The van der Waals surface area contributed by atoms with Gasteiger partial charge in [-0.05, 0) is 42.8 Å². The average Bonchev–Trinajstić information content (AvgIpc) is 2.80. The van der Waals surface area contributed by atoms with Gasteiger partial charge in [-0.1, -0.05) is 32.1 Å². The number of fused-ring (bicyclic) bond motifs is 1. The van der Waals surface area contributed by atoms with Crippen molar-refractivity contribution in [3.63, 3.8) is 0 Å². The molecule has 1 saturated carbocycles. The molecule has 0 atom stereocenters. The second kappa shape index (κ2) is 5.80. The highest BCUT2D eigenvalue weighted by molar-refractivity contribution is 7.71. The molecule has 4 heteroatoms. The van der Waals surface area contributed by atoms with Crippen LogP contribution in [0, 0.1) is 22.0 Å². The van der Waals surface area contributed by atoms with Crippen LogP contribution >= 0.6 is 12.2 Å². The third-order valence-corrected chi connectivity index (χ3v) is 4.71. The molecule has 3 rings (SSSR count). The van der Waals surface area contributed by atoms with Gasteiger partial charge in [-0.15, -0.1) is 0 Å². The van der Waals surface area contributed by atoms with E-state index in [9.17, 15) is 0 Å². The van der Waals surface area contributed by atoms with E-state index in [0.717, 1.165) is 28.3 Å². The third-order valence-electron chi connectivity index (χ3n) is 4.39. The molecule has 104 valence electrons. The SMILES string of the molecule is N#Cc1ccc2[nH]c(=S)n(CCC3CCCCC3)c2c1. The molecule has 0 unspecified atom stereocenters. The number of benzene rings is 1. The number of H-pyrrole nitrogens is 1. The Bertz CT molecular complexity index is 699. The lowest BCUT2D eigenvalue weighted by Gasteiger charge is -2.21. The van der Waals surface area contributed by atoms with Gasteiger partial charge in [0.2, 0.25) is 0 Å². The van der Waals surface area contributed by atoms with Crippen molar-refractivity contribution in [3.05, 3.63) is 28.5 Å². The van der Waals surface area contributed by atoms with E-state index in [1.807, 2.05) is 18.2 Å². The molecule has 0 radical (unpaired) electrons. The number of nitrogens with one attached hydrogen (secondary N) is 1. The number of imidazole rings is 1. The molecule has 1 aliphatic carbocycles. The number of hydrogen-bond donors (Lipinski definition) is 1. The van der Waals surface area contributed by atoms with Crippen LogP contribution in [-0.4, -0.2) is 9.55 Å². The minimum absolute atomic E-state index is 0.693. The molecule has 1 aliphatic rings. The Kier molecular flexibility index (Phi) is 3.88. The smallest absolute Gasteiger partial charge is 0.178 e. The van der Waals surface area contributed by atoms with Crippen molar-refractivity contribution in [1.82, 2.24) is 9.55 Å². The highest BCUT2D eigenvalue weighted by Gasteiger charge is 2.14. The van der Waals surface area contributed by atoms with Crippen molar-refractivity contribution >= 4 is 23.3 Å². The molecule has 0 bridgehead atoms. The molecule has 3 nitrogen and oxygen atoms in total. The van der Waals surface area contributed by atoms with Gasteiger partial charge in [0.1, 0.15) is 0 Å².